The summed E-state index contributed by atoms with van der Waals surface area (Å²) >= 11 is 0. The first kappa shape index (κ1) is 17.4. The molecule has 2 aromatic carbocycles. The van der Waals surface area contributed by atoms with Gasteiger partial charge in [0.1, 0.15) is 5.82 Å². The second-order valence-electron chi connectivity index (χ2n) is 5.97. The number of hydrogen-bond donors (Lipinski definition) is 1. The fourth-order valence-electron chi connectivity index (χ4n) is 2.84. The highest BCUT2D eigenvalue weighted by molar-refractivity contribution is 7.93. The van der Waals surface area contributed by atoms with Crippen LogP contribution in [0.5, 0.6) is 0 Å². The Labute approximate surface area is 146 Å². The number of sulfonamides is 1. The first-order chi connectivity index (χ1) is 11.9. The molecule has 0 spiro atoms. The number of carbonyl (C=O) groups is 1. The Balaban J connectivity index is 1.63. The van der Waals surface area contributed by atoms with E-state index in [1.54, 1.807) is 36.4 Å². The highest BCUT2D eigenvalue weighted by atomic mass is 32.2. The second-order valence-corrected chi connectivity index (χ2v) is 7.98. The van der Waals surface area contributed by atoms with Crippen LogP contribution >= 0.6 is 0 Å². The Morgan fingerprint density at radius 1 is 1.16 bits per heavy atom. The summed E-state index contributed by atoms with van der Waals surface area (Å²) in [7, 11) is -3.25. The average molecular weight is 362 g/mol. The SMILES string of the molecule is O=C(CCc1cccc(F)c1)Nc1cccc(N2CCCS2(=O)=O)c1. The molecular formula is C18H19FN2O3S. The normalized spacial score (nSPS) is 16.0. The van der Waals surface area contributed by atoms with E-state index in [1.807, 2.05) is 0 Å². The third kappa shape index (κ3) is 4.36. The zero-order valence-electron chi connectivity index (χ0n) is 13.6. The Morgan fingerprint density at radius 2 is 1.96 bits per heavy atom. The largest absolute Gasteiger partial charge is 0.326 e. The van der Waals surface area contributed by atoms with E-state index in [0.29, 0.717) is 30.8 Å². The van der Waals surface area contributed by atoms with Crippen molar-refractivity contribution in [1.29, 1.82) is 0 Å². The van der Waals surface area contributed by atoms with Gasteiger partial charge in [0.15, 0.2) is 0 Å². The number of carbonyl (C=O) groups excluding carboxylic acids is 1. The molecule has 5 nitrogen and oxygen atoms in total. The molecule has 25 heavy (non-hydrogen) atoms. The number of anilines is 2. The monoisotopic (exact) mass is 362 g/mol. The van der Waals surface area contributed by atoms with E-state index in [9.17, 15) is 17.6 Å². The van der Waals surface area contributed by atoms with E-state index >= 15 is 0 Å². The smallest absolute Gasteiger partial charge is 0.235 e. The van der Waals surface area contributed by atoms with Gasteiger partial charge in [0.25, 0.3) is 0 Å². The Morgan fingerprint density at radius 3 is 2.68 bits per heavy atom. The highest BCUT2D eigenvalue weighted by Crippen LogP contribution is 2.26. The van der Waals surface area contributed by atoms with Crippen LogP contribution in [0.1, 0.15) is 18.4 Å². The summed E-state index contributed by atoms with van der Waals surface area (Å²) in [5.41, 5.74) is 1.86. The van der Waals surface area contributed by atoms with Crippen molar-refractivity contribution in [3.05, 3.63) is 59.9 Å². The second kappa shape index (κ2) is 7.23. The summed E-state index contributed by atoms with van der Waals surface area (Å²) in [6.45, 7) is 0.458. The molecule has 3 rings (SSSR count). The van der Waals surface area contributed by atoms with Crippen LogP contribution in [-0.4, -0.2) is 26.6 Å². The summed E-state index contributed by atoms with van der Waals surface area (Å²) in [6, 6.07) is 13.0. The summed E-state index contributed by atoms with van der Waals surface area (Å²) < 4.78 is 38.5. The fourth-order valence-corrected chi connectivity index (χ4v) is 4.40. The first-order valence-corrected chi connectivity index (χ1v) is 9.70. The Bertz CT molecular complexity index is 883. The predicted octanol–water partition coefficient (Wildman–Crippen LogP) is 2.94. The molecule has 0 radical (unpaired) electrons. The van der Waals surface area contributed by atoms with Crippen LogP contribution in [0.15, 0.2) is 48.5 Å². The van der Waals surface area contributed by atoms with Gasteiger partial charge in [-0.3, -0.25) is 9.10 Å². The van der Waals surface area contributed by atoms with Crippen LogP contribution in [0.4, 0.5) is 15.8 Å². The number of rotatable bonds is 5. The number of amides is 1. The maximum atomic E-state index is 13.1. The van der Waals surface area contributed by atoms with Gasteiger partial charge in [-0.15, -0.1) is 0 Å². The molecule has 0 saturated carbocycles. The maximum absolute atomic E-state index is 13.1. The fraction of sp³-hybridized carbons (Fsp3) is 0.278. The zero-order valence-corrected chi connectivity index (χ0v) is 14.4. The number of hydrogen-bond acceptors (Lipinski definition) is 3. The van der Waals surface area contributed by atoms with Crippen LogP contribution in [0, 0.1) is 5.82 Å². The van der Waals surface area contributed by atoms with Crippen molar-refractivity contribution in [3.8, 4) is 0 Å². The van der Waals surface area contributed by atoms with E-state index in [0.717, 1.165) is 5.56 Å². The highest BCUT2D eigenvalue weighted by Gasteiger charge is 2.28. The lowest BCUT2D eigenvalue weighted by Crippen LogP contribution is -2.25. The van der Waals surface area contributed by atoms with Crippen molar-refractivity contribution in [2.24, 2.45) is 0 Å². The van der Waals surface area contributed by atoms with Crippen molar-refractivity contribution in [3.63, 3.8) is 0 Å². The van der Waals surface area contributed by atoms with E-state index in [2.05, 4.69) is 5.32 Å². The molecule has 0 bridgehead atoms. The lowest BCUT2D eigenvalue weighted by Gasteiger charge is -2.17. The quantitative estimate of drug-likeness (QED) is 0.889. The van der Waals surface area contributed by atoms with Gasteiger partial charge in [0, 0.05) is 18.7 Å². The van der Waals surface area contributed by atoms with Crippen LogP contribution in [0.25, 0.3) is 0 Å². The Kier molecular flexibility index (Phi) is 5.03. The summed E-state index contributed by atoms with van der Waals surface area (Å²) in [4.78, 5) is 12.1. The molecule has 1 amide bonds. The van der Waals surface area contributed by atoms with Crippen molar-refractivity contribution in [1.82, 2.24) is 0 Å². The van der Waals surface area contributed by atoms with E-state index < -0.39 is 10.0 Å². The van der Waals surface area contributed by atoms with E-state index in [4.69, 9.17) is 0 Å². The van der Waals surface area contributed by atoms with Crippen molar-refractivity contribution >= 4 is 27.3 Å². The number of benzene rings is 2. The standard InChI is InChI=1S/C18H19FN2O3S/c19-15-5-1-4-14(12-15)8-9-18(22)20-16-6-2-7-17(13-16)21-10-3-11-25(21,23)24/h1-2,4-7,12-13H,3,8-11H2,(H,20,22). The first-order valence-electron chi connectivity index (χ1n) is 8.09. The number of aryl methyl sites for hydroxylation is 1. The molecule has 1 heterocycles. The predicted molar refractivity (Wildman–Crippen MR) is 95.5 cm³/mol. The molecular weight excluding hydrogens is 343 g/mol. The molecule has 2 aromatic rings. The molecule has 1 aliphatic rings. The molecule has 1 aliphatic heterocycles. The summed E-state index contributed by atoms with van der Waals surface area (Å²) in [5.74, 6) is -0.375. The minimum Gasteiger partial charge on any atom is -0.326 e. The molecule has 1 fully saturated rings. The summed E-state index contributed by atoms with van der Waals surface area (Å²) in [5, 5.41) is 2.76. The molecule has 0 unspecified atom stereocenters. The minimum absolute atomic E-state index is 0.150. The average Bonchev–Trinajstić information content (AvgIpc) is 2.93. The van der Waals surface area contributed by atoms with Crippen molar-refractivity contribution in [2.45, 2.75) is 19.3 Å². The molecule has 1 N–H and O–H groups in total. The minimum atomic E-state index is -3.25. The zero-order chi connectivity index (χ0) is 17.9. The maximum Gasteiger partial charge on any atom is 0.235 e. The molecule has 132 valence electrons. The van der Waals surface area contributed by atoms with Gasteiger partial charge in [-0.05, 0) is 48.7 Å². The van der Waals surface area contributed by atoms with E-state index in [1.165, 1.54) is 16.4 Å². The van der Waals surface area contributed by atoms with Crippen LogP contribution < -0.4 is 9.62 Å². The van der Waals surface area contributed by atoms with Crippen LogP contribution in [0.2, 0.25) is 0 Å². The van der Waals surface area contributed by atoms with Crippen molar-refractivity contribution in [2.75, 3.05) is 21.9 Å². The van der Waals surface area contributed by atoms with Gasteiger partial charge < -0.3 is 5.32 Å². The van der Waals surface area contributed by atoms with Gasteiger partial charge in [-0.25, -0.2) is 12.8 Å². The lowest BCUT2D eigenvalue weighted by molar-refractivity contribution is -0.116. The number of nitrogens with zero attached hydrogens (tertiary/aromatic N) is 1. The van der Waals surface area contributed by atoms with Crippen molar-refractivity contribution < 1.29 is 17.6 Å². The van der Waals surface area contributed by atoms with Gasteiger partial charge >= 0.3 is 0 Å². The molecule has 0 aliphatic carbocycles. The van der Waals surface area contributed by atoms with Gasteiger partial charge in [-0.2, -0.15) is 0 Å². The number of halogens is 1. The summed E-state index contributed by atoms with van der Waals surface area (Å²) in [6.07, 6.45) is 1.26. The topological polar surface area (TPSA) is 66.5 Å². The number of nitrogens with one attached hydrogen (secondary N) is 1. The van der Waals surface area contributed by atoms with Gasteiger partial charge in [0.05, 0.1) is 11.4 Å². The van der Waals surface area contributed by atoms with E-state index in [-0.39, 0.29) is 23.9 Å². The molecule has 7 heteroatoms. The molecule has 1 saturated heterocycles. The lowest BCUT2D eigenvalue weighted by atomic mass is 10.1. The third-order valence-corrected chi connectivity index (χ3v) is 5.92. The Hall–Kier alpha value is -2.41. The van der Waals surface area contributed by atoms with Gasteiger partial charge in [0.2, 0.25) is 15.9 Å². The molecule has 0 atom stereocenters. The third-order valence-electron chi connectivity index (χ3n) is 4.05. The van der Waals surface area contributed by atoms with Gasteiger partial charge in [-0.1, -0.05) is 18.2 Å². The molecule has 0 aromatic heterocycles. The van der Waals surface area contributed by atoms with Crippen LogP contribution in [0.3, 0.4) is 0 Å². The van der Waals surface area contributed by atoms with Crippen LogP contribution in [-0.2, 0) is 21.2 Å².